The maximum atomic E-state index is 2.24. The van der Waals surface area contributed by atoms with Crippen molar-refractivity contribution in [3.63, 3.8) is 0 Å². The van der Waals surface area contributed by atoms with Crippen molar-refractivity contribution < 1.29 is 0 Å². The van der Waals surface area contributed by atoms with Crippen LogP contribution in [0.1, 0.15) is 52.2 Å². The van der Waals surface area contributed by atoms with Gasteiger partial charge in [-0.2, -0.15) is 0 Å². The average molecular weight is 218 g/mol. The quantitative estimate of drug-likeness (QED) is 0.552. The molecule has 0 saturated carbocycles. The summed E-state index contributed by atoms with van der Waals surface area (Å²) in [6, 6.07) is 8.58. The SMILES string of the molecule is C1=Cc2ccccc2CC1.CC.CC(C)C. The van der Waals surface area contributed by atoms with E-state index in [-0.39, 0.29) is 0 Å². The van der Waals surface area contributed by atoms with E-state index in [0.717, 1.165) is 5.92 Å². The van der Waals surface area contributed by atoms with Crippen LogP contribution in [0.25, 0.3) is 6.08 Å². The molecule has 0 heterocycles. The topological polar surface area (TPSA) is 0 Å². The lowest BCUT2D eigenvalue weighted by atomic mass is 9.98. The third-order valence-corrected chi connectivity index (χ3v) is 1.93. The minimum atomic E-state index is 0.833. The molecule has 1 aliphatic carbocycles. The maximum Gasteiger partial charge on any atom is -0.0228 e. The number of fused-ring (bicyclic) bond motifs is 1. The lowest BCUT2D eigenvalue weighted by Gasteiger charge is -2.07. The van der Waals surface area contributed by atoms with Crippen LogP contribution in [0.2, 0.25) is 0 Å². The van der Waals surface area contributed by atoms with Gasteiger partial charge in [0, 0.05) is 0 Å². The van der Waals surface area contributed by atoms with Gasteiger partial charge in [0.2, 0.25) is 0 Å². The molecule has 1 aliphatic rings. The Balaban J connectivity index is 0.000000323. The fourth-order valence-electron chi connectivity index (χ4n) is 1.37. The van der Waals surface area contributed by atoms with Gasteiger partial charge >= 0.3 is 0 Å². The minimum Gasteiger partial charge on any atom is -0.0836 e. The van der Waals surface area contributed by atoms with Crippen LogP contribution in [-0.2, 0) is 6.42 Å². The van der Waals surface area contributed by atoms with Gasteiger partial charge in [-0.1, -0.05) is 71.0 Å². The van der Waals surface area contributed by atoms with E-state index in [1.165, 1.54) is 24.0 Å². The highest BCUT2D eigenvalue weighted by Crippen LogP contribution is 2.17. The number of hydrogen-bond donors (Lipinski definition) is 0. The van der Waals surface area contributed by atoms with Crippen molar-refractivity contribution >= 4 is 6.08 Å². The fraction of sp³-hybridized carbons (Fsp3) is 0.500. The highest BCUT2D eigenvalue weighted by molar-refractivity contribution is 5.55. The van der Waals surface area contributed by atoms with Crippen molar-refractivity contribution in [2.24, 2.45) is 5.92 Å². The molecule has 1 aromatic carbocycles. The molecule has 2 rings (SSSR count). The summed E-state index contributed by atoms with van der Waals surface area (Å²) in [7, 11) is 0. The highest BCUT2D eigenvalue weighted by Gasteiger charge is 2.00. The number of allylic oxidation sites excluding steroid dienone is 1. The van der Waals surface area contributed by atoms with Crippen LogP contribution in [0, 0.1) is 5.92 Å². The predicted octanol–water partition coefficient (Wildman–Crippen LogP) is 5.33. The summed E-state index contributed by atoms with van der Waals surface area (Å²) in [6.45, 7) is 10.5. The zero-order valence-corrected chi connectivity index (χ0v) is 11.5. The summed E-state index contributed by atoms with van der Waals surface area (Å²) in [5.74, 6) is 0.833. The Labute approximate surface area is 101 Å². The van der Waals surface area contributed by atoms with E-state index >= 15 is 0 Å². The van der Waals surface area contributed by atoms with Crippen LogP contribution in [0.15, 0.2) is 30.3 Å². The van der Waals surface area contributed by atoms with Gasteiger partial charge < -0.3 is 0 Å². The first-order valence-corrected chi connectivity index (χ1v) is 6.44. The lowest BCUT2D eigenvalue weighted by Crippen LogP contribution is -1.91. The zero-order valence-electron chi connectivity index (χ0n) is 11.5. The van der Waals surface area contributed by atoms with E-state index in [4.69, 9.17) is 0 Å². The Morgan fingerprint density at radius 1 is 1.00 bits per heavy atom. The van der Waals surface area contributed by atoms with E-state index in [9.17, 15) is 0 Å². The Hall–Kier alpha value is -1.04. The van der Waals surface area contributed by atoms with E-state index in [2.05, 4.69) is 57.2 Å². The number of aryl methyl sites for hydroxylation is 1. The molecule has 0 amide bonds. The van der Waals surface area contributed by atoms with Crippen LogP contribution >= 0.6 is 0 Å². The molecule has 0 nitrogen and oxygen atoms in total. The third-order valence-electron chi connectivity index (χ3n) is 1.93. The Kier molecular flexibility index (Phi) is 8.61. The first kappa shape index (κ1) is 15.0. The Morgan fingerprint density at radius 2 is 1.56 bits per heavy atom. The summed E-state index contributed by atoms with van der Waals surface area (Å²) in [6.07, 6.45) is 6.87. The molecule has 0 N–H and O–H groups in total. The van der Waals surface area contributed by atoms with Gasteiger partial charge in [0.1, 0.15) is 0 Å². The smallest absolute Gasteiger partial charge is 0.0228 e. The summed E-state index contributed by atoms with van der Waals surface area (Å²) in [5.41, 5.74) is 2.89. The molecule has 1 aromatic rings. The van der Waals surface area contributed by atoms with Crippen LogP contribution < -0.4 is 0 Å². The van der Waals surface area contributed by atoms with Gasteiger partial charge in [-0.05, 0) is 29.9 Å². The summed E-state index contributed by atoms with van der Waals surface area (Å²) >= 11 is 0. The van der Waals surface area contributed by atoms with Gasteiger partial charge in [-0.15, -0.1) is 0 Å². The van der Waals surface area contributed by atoms with Crippen LogP contribution in [-0.4, -0.2) is 0 Å². The van der Waals surface area contributed by atoms with Crippen LogP contribution in [0.3, 0.4) is 0 Å². The van der Waals surface area contributed by atoms with Crippen LogP contribution in [0.5, 0.6) is 0 Å². The molecule has 0 fully saturated rings. The van der Waals surface area contributed by atoms with Gasteiger partial charge in [-0.25, -0.2) is 0 Å². The monoisotopic (exact) mass is 218 g/mol. The van der Waals surface area contributed by atoms with Gasteiger partial charge in [0.25, 0.3) is 0 Å². The molecular formula is C16H26. The van der Waals surface area contributed by atoms with E-state index < -0.39 is 0 Å². The molecular weight excluding hydrogens is 192 g/mol. The third kappa shape index (κ3) is 6.44. The molecule has 0 saturated heterocycles. The van der Waals surface area contributed by atoms with Crippen molar-refractivity contribution in [1.82, 2.24) is 0 Å². The lowest BCUT2D eigenvalue weighted by molar-refractivity contribution is 0.737. The molecule has 0 bridgehead atoms. The number of rotatable bonds is 0. The molecule has 90 valence electrons. The Bertz CT molecular complexity index is 292. The molecule has 0 aromatic heterocycles. The molecule has 0 unspecified atom stereocenters. The molecule has 0 atom stereocenters. The molecule has 0 aliphatic heterocycles. The van der Waals surface area contributed by atoms with E-state index in [0.29, 0.717) is 0 Å². The Morgan fingerprint density at radius 3 is 2.12 bits per heavy atom. The first-order valence-electron chi connectivity index (χ1n) is 6.44. The summed E-state index contributed by atoms with van der Waals surface area (Å²) in [4.78, 5) is 0. The largest absolute Gasteiger partial charge is 0.0836 e. The molecule has 0 heteroatoms. The fourth-order valence-corrected chi connectivity index (χ4v) is 1.37. The second kappa shape index (κ2) is 9.21. The second-order valence-electron chi connectivity index (χ2n) is 4.37. The van der Waals surface area contributed by atoms with Gasteiger partial charge in [0.15, 0.2) is 0 Å². The predicted molar refractivity (Wildman–Crippen MR) is 75.7 cm³/mol. The highest BCUT2D eigenvalue weighted by atomic mass is 14.1. The number of benzene rings is 1. The van der Waals surface area contributed by atoms with Crippen molar-refractivity contribution in [1.29, 1.82) is 0 Å². The maximum absolute atomic E-state index is 2.24. The minimum absolute atomic E-state index is 0.833. The van der Waals surface area contributed by atoms with Crippen molar-refractivity contribution in [2.75, 3.05) is 0 Å². The van der Waals surface area contributed by atoms with Gasteiger partial charge in [-0.3, -0.25) is 0 Å². The molecule has 0 radical (unpaired) electrons. The van der Waals surface area contributed by atoms with Crippen molar-refractivity contribution in [3.8, 4) is 0 Å². The van der Waals surface area contributed by atoms with E-state index in [1.807, 2.05) is 13.8 Å². The normalized spacial score (nSPS) is 11.9. The summed E-state index contributed by atoms with van der Waals surface area (Å²) < 4.78 is 0. The zero-order chi connectivity index (χ0) is 12.4. The van der Waals surface area contributed by atoms with E-state index in [1.54, 1.807) is 0 Å². The first-order chi connectivity index (χ1) is 7.70. The molecule has 16 heavy (non-hydrogen) atoms. The van der Waals surface area contributed by atoms with Crippen LogP contribution in [0.4, 0.5) is 0 Å². The second-order valence-corrected chi connectivity index (χ2v) is 4.37. The number of hydrogen-bond acceptors (Lipinski definition) is 0. The average Bonchev–Trinajstić information content (AvgIpc) is 2.31. The summed E-state index contributed by atoms with van der Waals surface area (Å²) in [5, 5.41) is 0. The van der Waals surface area contributed by atoms with Crippen molar-refractivity contribution in [3.05, 3.63) is 41.5 Å². The van der Waals surface area contributed by atoms with Crippen molar-refractivity contribution in [2.45, 2.75) is 47.5 Å². The molecule has 0 spiro atoms. The van der Waals surface area contributed by atoms with Gasteiger partial charge in [0.05, 0.1) is 0 Å². The standard InChI is InChI=1S/C10H10.C4H10.C2H6/c1-2-6-10-8-4-3-7-9(10)5-1;1-4(2)3;1-2/h1-3,5-7H,4,8H2;4H,1-3H3;1-2H3.